The highest BCUT2D eigenvalue weighted by molar-refractivity contribution is 5.14. The first-order valence-corrected chi connectivity index (χ1v) is 13.4. The van der Waals surface area contributed by atoms with Crippen LogP contribution in [0.5, 0.6) is 0 Å². The van der Waals surface area contributed by atoms with E-state index in [0.29, 0.717) is 10.8 Å². The van der Waals surface area contributed by atoms with Crippen molar-refractivity contribution in [3.8, 4) is 0 Å². The molecule has 0 saturated heterocycles. The molecule has 4 rings (SSSR count). The summed E-state index contributed by atoms with van der Waals surface area (Å²) in [7, 11) is 1.87. The van der Waals surface area contributed by atoms with Gasteiger partial charge < -0.3 is 4.74 Å². The molecule has 0 N–H and O–H groups in total. The third-order valence-electron chi connectivity index (χ3n) is 11.5. The maximum atomic E-state index is 5.66. The monoisotopic (exact) mass is 414 g/mol. The van der Waals surface area contributed by atoms with Gasteiger partial charge in [0.15, 0.2) is 0 Å². The van der Waals surface area contributed by atoms with Crippen molar-refractivity contribution in [2.75, 3.05) is 7.11 Å². The topological polar surface area (TPSA) is 9.23 Å². The van der Waals surface area contributed by atoms with Crippen LogP contribution < -0.4 is 0 Å². The van der Waals surface area contributed by atoms with E-state index >= 15 is 0 Å². The molecule has 0 aromatic rings. The Morgan fingerprint density at radius 1 is 0.933 bits per heavy atom. The fraction of sp³-hybridized carbons (Fsp3) is 0.931. The molecule has 3 saturated carbocycles. The second-order valence-corrected chi connectivity index (χ2v) is 12.9. The van der Waals surface area contributed by atoms with E-state index in [-0.39, 0.29) is 0 Å². The summed E-state index contributed by atoms with van der Waals surface area (Å²) in [4.78, 5) is 0. The third kappa shape index (κ3) is 3.69. The molecule has 0 aliphatic heterocycles. The third-order valence-corrected chi connectivity index (χ3v) is 11.5. The highest BCUT2D eigenvalue weighted by Crippen LogP contribution is 2.68. The molecule has 1 unspecified atom stereocenters. The van der Waals surface area contributed by atoms with E-state index in [1.165, 1.54) is 70.0 Å². The van der Waals surface area contributed by atoms with Gasteiger partial charge in [-0.15, -0.1) is 0 Å². The lowest BCUT2D eigenvalue weighted by Crippen LogP contribution is -2.52. The van der Waals surface area contributed by atoms with E-state index in [2.05, 4.69) is 47.6 Å². The average Bonchev–Trinajstić information content (AvgIpc) is 3.08. The summed E-state index contributed by atoms with van der Waals surface area (Å²) in [6.45, 7) is 15.3. The van der Waals surface area contributed by atoms with Gasteiger partial charge in [-0.25, -0.2) is 0 Å². The van der Waals surface area contributed by atoms with E-state index in [9.17, 15) is 0 Å². The van der Waals surface area contributed by atoms with E-state index in [1.807, 2.05) is 7.11 Å². The number of methoxy groups -OCH3 is 1. The standard InChI is InChI=1S/C29H50O/c1-19(2)20(3)8-9-21(4)25-12-13-26-24-11-10-22-18-23(30-7)14-16-28(22,5)27(24)15-17-29(25,26)6/h14,19-22,24-27H,8-13,15-18H2,1-7H3/t20-,21+,22?,24-,25+,26-,27-,28-,29+/m0/s1. The molecule has 0 aromatic heterocycles. The fourth-order valence-corrected chi connectivity index (χ4v) is 9.05. The van der Waals surface area contributed by atoms with Gasteiger partial charge in [0, 0.05) is 6.42 Å². The Hall–Kier alpha value is -0.460. The van der Waals surface area contributed by atoms with Crippen molar-refractivity contribution in [2.45, 2.75) is 106 Å². The lowest BCUT2D eigenvalue weighted by Gasteiger charge is -2.60. The molecular formula is C29H50O. The molecule has 0 heterocycles. The summed E-state index contributed by atoms with van der Waals surface area (Å²) in [5.74, 6) is 8.66. The lowest BCUT2D eigenvalue weighted by atomic mass is 9.45. The second-order valence-electron chi connectivity index (χ2n) is 12.9. The molecule has 4 aliphatic rings. The van der Waals surface area contributed by atoms with Crippen molar-refractivity contribution in [3.05, 3.63) is 11.8 Å². The van der Waals surface area contributed by atoms with Crippen molar-refractivity contribution in [3.63, 3.8) is 0 Å². The number of allylic oxidation sites excluding steroid dienone is 2. The number of ether oxygens (including phenoxy) is 1. The molecule has 3 fully saturated rings. The van der Waals surface area contributed by atoms with Crippen molar-refractivity contribution >= 4 is 0 Å². The Balaban J connectivity index is 1.47. The second kappa shape index (κ2) is 8.47. The first-order valence-electron chi connectivity index (χ1n) is 13.4. The zero-order valence-corrected chi connectivity index (χ0v) is 21.2. The van der Waals surface area contributed by atoms with Crippen LogP contribution in [0.2, 0.25) is 0 Å². The molecule has 0 aromatic carbocycles. The highest BCUT2D eigenvalue weighted by atomic mass is 16.5. The minimum absolute atomic E-state index is 0.530. The number of hydrogen-bond donors (Lipinski definition) is 0. The van der Waals surface area contributed by atoms with E-state index < -0.39 is 0 Å². The molecule has 0 spiro atoms. The summed E-state index contributed by atoms with van der Waals surface area (Å²) in [5, 5.41) is 0. The average molecular weight is 415 g/mol. The van der Waals surface area contributed by atoms with Crippen molar-refractivity contribution in [1.29, 1.82) is 0 Å². The van der Waals surface area contributed by atoms with Gasteiger partial charge >= 0.3 is 0 Å². The maximum Gasteiger partial charge on any atom is 0.0918 e. The quantitative estimate of drug-likeness (QED) is 0.423. The molecule has 4 aliphatic carbocycles. The Kier molecular flexibility index (Phi) is 6.42. The van der Waals surface area contributed by atoms with Crippen LogP contribution in [0.3, 0.4) is 0 Å². The van der Waals surface area contributed by atoms with Crippen molar-refractivity contribution < 1.29 is 4.74 Å². The summed E-state index contributed by atoms with van der Waals surface area (Å²) in [6, 6.07) is 0. The highest BCUT2D eigenvalue weighted by Gasteiger charge is 2.60. The largest absolute Gasteiger partial charge is 0.501 e. The summed E-state index contributed by atoms with van der Waals surface area (Å²) < 4.78 is 5.66. The predicted molar refractivity (Wildman–Crippen MR) is 128 cm³/mol. The van der Waals surface area contributed by atoms with Gasteiger partial charge in [-0.2, -0.15) is 0 Å². The SMILES string of the molecule is COC1=CC[C@@]2(C)C(CC[C@H]3[C@@H]4CC[C@H]([C@H](C)CC[C@H](C)C(C)C)[C@@]4(C)CC[C@@H]32)C1. The maximum absolute atomic E-state index is 5.66. The Bertz CT molecular complexity index is 634. The normalized spacial score (nSPS) is 45.2. The number of fused-ring (bicyclic) bond motifs is 5. The number of hydrogen-bond acceptors (Lipinski definition) is 1. The molecular weight excluding hydrogens is 364 g/mol. The lowest BCUT2D eigenvalue weighted by molar-refractivity contribution is -0.105. The summed E-state index contributed by atoms with van der Waals surface area (Å²) >= 11 is 0. The minimum atomic E-state index is 0.530. The molecule has 0 bridgehead atoms. The van der Waals surface area contributed by atoms with E-state index in [0.717, 1.165) is 47.3 Å². The Morgan fingerprint density at radius 3 is 2.37 bits per heavy atom. The fourth-order valence-electron chi connectivity index (χ4n) is 9.05. The Labute approximate surface area is 187 Å². The molecule has 172 valence electrons. The Morgan fingerprint density at radius 2 is 1.67 bits per heavy atom. The van der Waals surface area contributed by atoms with Gasteiger partial charge in [0.1, 0.15) is 0 Å². The van der Waals surface area contributed by atoms with Crippen LogP contribution in [0.1, 0.15) is 106 Å². The van der Waals surface area contributed by atoms with Gasteiger partial charge in [0.2, 0.25) is 0 Å². The van der Waals surface area contributed by atoms with Gasteiger partial charge in [-0.3, -0.25) is 0 Å². The van der Waals surface area contributed by atoms with Gasteiger partial charge in [0.25, 0.3) is 0 Å². The van der Waals surface area contributed by atoms with Crippen LogP contribution in [0, 0.1) is 58.2 Å². The molecule has 0 radical (unpaired) electrons. The van der Waals surface area contributed by atoms with Crippen LogP contribution in [-0.2, 0) is 4.74 Å². The first-order chi connectivity index (χ1) is 14.2. The van der Waals surface area contributed by atoms with Crippen LogP contribution >= 0.6 is 0 Å². The van der Waals surface area contributed by atoms with E-state index in [1.54, 1.807) is 0 Å². The van der Waals surface area contributed by atoms with Crippen molar-refractivity contribution in [1.82, 2.24) is 0 Å². The van der Waals surface area contributed by atoms with Crippen molar-refractivity contribution in [2.24, 2.45) is 58.2 Å². The smallest absolute Gasteiger partial charge is 0.0918 e. The predicted octanol–water partition coefficient (Wildman–Crippen LogP) is 8.49. The van der Waals surface area contributed by atoms with Crippen LogP contribution in [0.4, 0.5) is 0 Å². The van der Waals surface area contributed by atoms with E-state index in [4.69, 9.17) is 4.74 Å². The molecule has 0 amide bonds. The molecule has 1 heteroatoms. The first kappa shape index (κ1) is 22.7. The molecule has 9 atom stereocenters. The summed E-state index contributed by atoms with van der Waals surface area (Å²) in [5.41, 5.74) is 1.15. The van der Waals surface area contributed by atoms with Gasteiger partial charge in [-0.1, -0.05) is 54.4 Å². The van der Waals surface area contributed by atoms with Crippen LogP contribution in [-0.4, -0.2) is 7.11 Å². The van der Waals surface area contributed by atoms with Crippen LogP contribution in [0.15, 0.2) is 11.8 Å². The minimum Gasteiger partial charge on any atom is -0.501 e. The molecule has 1 nitrogen and oxygen atoms in total. The summed E-state index contributed by atoms with van der Waals surface area (Å²) in [6.07, 6.45) is 16.7. The van der Waals surface area contributed by atoms with Gasteiger partial charge in [-0.05, 0) is 109 Å². The number of rotatable bonds is 6. The zero-order chi connectivity index (χ0) is 21.7. The zero-order valence-electron chi connectivity index (χ0n) is 21.2. The van der Waals surface area contributed by atoms with Crippen LogP contribution in [0.25, 0.3) is 0 Å². The molecule has 30 heavy (non-hydrogen) atoms. The van der Waals surface area contributed by atoms with Gasteiger partial charge in [0.05, 0.1) is 12.9 Å².